The van der Waals surface area contributed by atoms with Gasteiger partial charge >= 0.3 is 0 Å². The molecule has 0 atom stereocenters. The van der Waals surface area contributed by atoms with Crippen LogP contribution < -0.4 is 0 Å². The van der Waals surface area contributed by atoms with Crippen molar-refractivity contribution in [1.82, 2.24) is 14.8 Å². The molecule has 0 amide bonds. The molecule has 0 N–H and O–H groups in total. The standard InChI is InChI=1S/C12H16FN3/c1-5-9-10(13)12-8(6-14-9)11(7(2)3)15-16(12)4/h6-7H,5H2,1-4H3. The molecule has 0 radical (unpaired) electrons. The molecule has 0 saturated heterocycles. The summed E-state index contributed by atoms with van der Waals surface area (Å²) < 4.78 is 15.7. The van der Waals surface area contributed by atoms with Crippen LogP contribution in [0.1, 0.15) is 38.1 Å². The van der Waals surface area contributed by atoms with E-state index in [0.717, 1.165) is 11.1 Å². The first-order chi connectivity index (χ1) is 7.56. The van der Waals surface area contributed by atoms with Crippen molar-refractivity contribution in [2.75, 3.05) is 0 Å². The zero-order chi connectivity index (χ0) is 11.9. The molecule has 2 rings (SSSR count). The highest BCUT2D eigenvalue weighted by atomic mass is 19.1. The molecule has 2 aromatic rings. The lowest BCUT2D eigenvalue weighted by Crippen LogP contribution is -1.98. The Bertz CT molecular complexity index is 529. The first-order valence-electron chi connectivity index (χ1n) is 5.56. The second kappa shape index (κ2) is 3.85. The van der Waals surface area contributed by atoms with Gasteiger partial charge in [-0.2, -0.15) is 5.10 Å². The number of nitrogens with zero attached hydrogens (tertiary/aromatic N) is 3. The van der Waals surface area contributed by atoms with E-state index in [4.69, 9.17) is 0 Å². The normalized spacial score (nSPS) is 11.6. The summed E-state index contributed by atoms with van der Waals surface area (Å²) in [4.78, 5) is 4.15. The number of rotatable bonds is 2. The van der Waals surface area contributed by atoms with Crippen LogP contribution in [0.25, 0.3) is 10.9 Å². The lowest BCUT2D eigenvalue weighted by Gasteiger charge is -2.02. The third kappa shape index (κ3) is 1.49. The van der Waals surface area contributed by atoms with Gasteiger partial charge < -0.3 is 0 Å². The minimum absolute atomic E-state index is 0.234. The molecule has 0 aliphatic carbocycles. The number of hydrogen-bond acceptors (Lipinski definition) is 2. The van der Waals surface area contributed by atoms with Crippen molar-refractivity contribution in [2.24, 2.45) is 7.05 Å². The molecule has 0 aliphatic rings. The fraction of sp³-hybridized carbons (Fsp3) is 0.500. The van der Waals surface area contributed by atoms with Gasteiger partial charge in [-0.15, -0.1) is 0 Å². The summed E-state index contributed by atoms with van der Waals surface area (Å²) in [6, 6.07) is 0. The van der Waals surface area contributed by atoms with Gasteiger partial charge in [-0.05, 0) is 12.3 Å². The Kier molecular flexibility index (Phi) is 2.66. The molecule has 0 aliphatic heterocycles. The summed E-state index contributed by atoms with van der Waals surface area (Å²) in [5, 5.41) is 5.19. The number of pyridine rings is 1. The SMILES string of the molecule is CCc1ncc2c(C(C)C)nn(C)c2c1F. The summed E-state index contributed by atoms with van der Waals surface area (Å²) >= 11 is 0. The van der Waals surface area contributed by atoms with Gasteiger partial charge in [-0.3, -0.25) is 9.67 Å². The van der Waals surface area contributed by atoms with Crippen molar-refractivity contribution in [3.8, 4) is 0 Å². The lowest BCUT2D eigenvalue weighted by atomic mass is 10.1. The van der Waals surface area contributed by atoms with Crippen LogP contribution in [0.2, 0.25) is 0 Å². The molecule has 2 heterocycles. The van der Waals surface area contributed by atoms with Crippen molar-refractivity contribution < 1.29 is 4.39 Å². The molecule has 0 fully saturated rings. The summed E-state index contributed by atoms with van der Waals surface area (Å²) in [5.41, 5.74) is 1.98. The molecule has 0 unspecified atom stereocenters. The molecular formula is C12H16FN3. The second-order valence-electron chi connectivity index (χ2n) is 4.30. The van der Waals surface area contributed by atoms with Crippen molar-refractivity contribution in [1.29, 1.82) is 0 Å². The number of halogens is 1. The highest BCUT2D eigenvalue weighted by molar-refractivity contribution is 5.82. The van der Waals surface area contributed by atoms with Gasteiger partial charge in [0.05, 0.1) is 11.4 Å². The van der Waals surface area contributed by atoms with Gasteiger partial charge in [0.2, 0.25) is 0 Å². The van der Waals surface area contributed by atoms with E-state index in [2.05, 4.69) is 10.1 Å². The van der Waals surface area contributed by atoms with E-state index < -0.39 is 0 Å². The molecule has 0 bridgehead atoms. The van der Waals surface area contributed by atoms with E-state index in [9.17, 15) is 4.39 Å². The Balaban J connectivity index is 2.80. The van der Waals surface area contributed by atoms with Crippen LogP contribution in [0.5, 0.6) is 0 Å². The zero-order valence-corrected chi connectivity index (χ0v) is 10.1. The van der Waals surface area contributed by atoms with E-state index in [1.165, 1.54) is 0 Å². The Morgan fingerprint density at radius 3 is 2.69 bits per heavy atom. The van der Waals surface area contributed by atoms with Crippen LogP contribution in [0.15, 0.2) is 6.20 Å². The first kappa shape index (κ1) is 11.0. The van der Waals surface area contributed by atoms with Crippen LogP contribution in [0.3, 0.4) is 0 Å². The van der Waals surface area contributed by atoms with Crippen molar-refractivity contribution >= 4 is 10.9 Å². The van der Waals surface area contributed by atoms with E-state index in [0.29, 0.717) is 17.6 Å². The smallest absolute Gasteiger partial charge is 0.170 e. The average molecular weight is 221 g/mol. The van der Waals surface area contributed by atoms with Gasteiger partial charge in [0.1, 0.15) is 5.52 Å². The topological polar surface area (TPSA) is 30.7 Å². The quantitative estimate of drug-likeness (QED) is 0.780. The molecule has 0 saturated carbocycles. The molecule has 2 aromatic heterocycles. The van der Waals surface area contributed by atoms with Crippen molar-refractivity contribution in [2.45, 2.75) is 33.1 Å². The Hall–Kier alpha value is -1.45. The van der Waals surface area contributed by atoms with Crippen LogP contribution in [-0.2, 0) is 13.5 Å². The average Bonchev–Trinajstić information content (AvgIpc) is 2.57. The lowest BCUT2D eigenvalue weighted by molar-refractivity contribution is 0.601. The van der Waals surface area contributed by atoms with Gasteiger partial charge in [-0.1, -0.05) is 20.8 Å². The Labute approximate surface area is 94.3 Å². The first-order valence-corrected chi connectivity index (χ1v) is 5.56. The van der Waals surface area contributed by atoms with E-state index >= 15 is 0 Å². The monoisotopic (exact) mass is 221 g/mol. The van der Waals surface area contributed by atoms with Crippen LogP contribution in [-0.4, -0.2) is 14.8 Å². The van der Waals surface area contributed by atoms with Crippen molar-refractivity contribution in [3.05, 3.63) is 23.4 Å². The minimum atomic E-state index is -0.234. The largest absolute Gasteiger partial charge is 0.265 e. The molecule has 3 nitrogen and oxygen atoms in total. The highest BCUT2D eigenvalue weighted by Crippen LogP contribution is 2.26. The van der Waals surface area contributed by atoms with Crippen molar-refractivity contribution in [3.63, 3.8) is 0 Å². The predicted octanol–water partition coefficient (Wildman–Crippen LogP) is 2.79. The number of aryl methyl sites for hydroxylation is 2. The van der Waals surface area contributed by atoms with Crippen LogP contribution >= 0.6 is 0 Å². The molecule has 0 aromatic carbocycles. The Morgan fingerprint density at radius 1 is 1.44 bits per heavy atom. The van der Waals surface area contributed by atoms with Gasteiger partial charge in [0.25, 0.3) is 0 Å². The summed E-state index contributed by atoms with van der Waals surface area (Å²) in [7, 11) is 1.77. The summed E-state index contributed by atoms with van der Waals surface area (Å²) in [5.74, 6) is 0.0410. The molecule has 0 spiro atoms. The molecule has 16 heavy (non-hydrogen) atoms. The van der Waals surface area contributed by atoms with Gasteiger partial charge in [0.15, 0.2) is 5.82 Å². The third-order valence-corrected chi connectivity index (χ3v) is 2.80. The zero-order valence-electron chi connectivity index (χ0n) is 10.1. The fourth-order valence-electron chi connectivity index (χ4n) is 1.96. The fourth-order valence-corrected chi connectivity index (χ4v) is 1.96. The van der Waals surface area contributed by atoms with E-state index in [1.807, 2.05) is 20.8 Å². The number of hydrogen-bond donors (Lipinski definition) is 0. The summed E-state index contributed by atoms with van der Waals surface area (Å²) in [6.45, 7) is 6.00. The van der Waals surface area contributed by atoms with E-state index in [1.54, 1.807) is 17.9 Å². The van der Waals surface area contributed by atoms with Crippen LogP contribution in [0, 0.1) is 5.82 Å². The third-order valence-electron chi connectivity index (χ3n) is 2.80. The number of aromatic nitrogens is 3. The summed E-state index contributed by atoms with van der Waals surface area (Å²) in [6.07, 6.45) is 2.34. The predicted molar refractivity (Wildman–Crippen MR) is 61.9 cm³/mol. The molecule has 86 valence electrons. The van der Waals surface area contributed by atoms with E-state index in [-0.39, 0.29) is 11.7 Å². The van der Waals surface area contributed by atoms with Gasteiger partial charge in [0, 0.05) is 18.6 Å². The maximum Gasteiger partial charge on any atom is 0.170 e. The highest BCUT2D eigenvalue weighted by Gasteiger charge is 2.17. The maximum atomic E-state index is 14.1. The maximum absolute atomic E-state index is 14.1. The number of fused-ring (bicyclic) bond motifs is 1. The van der Waals surface area contributed by atoms with Gasteiger partial charge in [-0.25, -0.2) is 4.39 Å². The molecule has 4 heteroatoms. The van der Waals surface area contributed by atoms with Crippen LogP contribution in [0.4, 0.5) is 4.39 Å². The minimum Gasteiger partial charge on any atom is -0.265 e. The molecular weight excluding hydrogens is 205 g/mol. The Morgan fingerprint density at radius 2 is 2.12 bits per heavy atom. The second-order valence-corrected chi connectivity index (χ2v) is 4.30.